The van der Waals surface area contributed by atoms with E-state index in [1.165, 1.54) is 32.8 Å². The van der Waals surface area contributed by atoms with Crippen molar-refractivity contribution in [2.45, 2.75) is 58.8 Å². The zero-order valence-corrected chi connectivity index (χ0v) is 11.1. The lowest BCUT2D eigenvalue weighted by Crippen LogP contribution is -2.25. The number of unbranched alkanes of at least 4 members (excludes halogenated alkanes) is 5. The second kappa shape index (κ2) is 8.37. The number of carbonyl (C=O) groups excluding carboxylic acids is 1. The Morgan fingerprint density at radius 2 is 1.75 bits per heavy atom. The number of allylic oxidation sites excluding steroid dienone is 1. The molecule has 0 N–H and O–H groups in total. The summed E-state index contributed by atoms with van der Waals surface area (Å²) in [6, 6.07) is 0. The SMILES string of the molecule is C=CCCCCCCCC(C)(C)C(=O)OC. The van der Waals surface area contributed by atoms with Crippen molar-refractivity contribution in [2.24, 2.45) is 5.41 Å². The molecule has 0 spiro atoms. The Balaban J connectivity index is 3.50. The van der Waals surface area contributed by atoms with Gasteiger partial charge in [-0.15, -0.1) is 6.58 Å². The van der Waals surface area contributed by atoms with Crippen molar-refractivity contribution in [3.63, 3.8) is 0 Å². The standard InChI is InChI=1S/C14H26O2/c1-5-6-7-8-9-10-11-12-14(2,3)13(15)16-4/h5H,1,6-12H2,2-4H3. The van der Waals surface area contributed by atoms with Gasteiger partial charge < -0.3 is 4.74 Å². The second-order valence-electron chi connectivity index (χ2n) is 4.97. The van der Waals surface area contributed by atoms with Crippen LogP contribution in [0.25, 0.3) is 0 Å². The van der Waals surface area contributed by atoms with Crippen LogP contribution in [0.4, 0.5) is 0 Å². The summed E-state index contributed by atoms with van der Waals surface area (Å²) in [6.07, 6.45) is 10.1. The molecule has 94 valence electrons. The van der Waals surface area contributed by atoms with E-state index in [9.17, 15) is 4.79 Å². The number of esters is 1. The molecule has 0 bridgehead atoms. The van der Waals surface area contributed by atoms with Gasteiger partial charge >= 0.3 is 5.97 Å². The van der Waals surface area contributed by atoms with Crippen LogP contribution >= 0.6 is 0 Å². The Bertz CT molecular complexity index is 207. The third kappa shape index (κ3) is 6.65. The van der Waals surface area contributed by atoms with E-state index >= 15 is 0 Å². The number of hydrogen-bond acceptors (Lipinski definition) is 2. The Labute approximate surface area is 100 Å². The summed E-state index contributed by atoms with van der Waals surface area (Å²) >= 11 is 0. The molecule has 0 aliphatic carbocycles. The van der Waals surface area contributed by atoms with E-state index in [1.54, 1.807) is 0 Å². The van der Waals surface area contributed by atoms with Gasteiger partial charge in [0.05, 0.1) is 12.5 Å². The second-order valence-corrected chi connectivity index (χ2v) is 4.97. The van der Waals surface area contributed by atoms with Crippen molar-refractivity contribution >= 4 is 5.97 Å². The highest BCUT2D eigenvalue weighted by Gasteiger charge is 2.27. The first kappa shape index (κ1) is 15.2. The predicted octanol–water partition coefficient (Wildman–Crippen LogP) is 4.10. The minimum absolute atomic E-state index is 0.0980. The van der Waals surface area contributed by atoms with Crippen molar-refractivity contribution < 1.29 is 9.53 Å². The van der Waals surface area contributed by atoms with Crippen molar-refractivity contribution in [1.82, 2.24) is 0 Å². The fourth-order valence-electron chi connectivity index (χ4n) is 1.76. The molecule has 0 radical (unpaired) electrons. The van der Waals surface area contributed by atoms with Gasteiger partial charge in [0, 0.05) is 0 Å². The molecule has 0 fully saturated rings. The van der Waals surface area contributed by atoms with Gasteiger partial charge in [-0.05, 0) is 33.1 Å². The first-order valence-electron chi connectivity index (χ1n) is 6.24. The van der Waals surface area contributed by atoms with E-state index in [4.69, 9.17) is 4.74 Å². The molecule has 0 aliphatic rings. The van der Waals surface area contributed by atoms with Crippen molar-refractivity contribution in [2.75, 3.05) is 7.11 Å². The average Bonchev–Trinajstić information content (AvgIpc) is 2.26. The lowest BCUT2D eigenvalue weighted by Gasteiger charge is -2.20. The van der Waals surface area contributed by atoms with E-state index in [1.807, 2.05) is 19.9 Å². The quantitative estimate of drug-likeness (QED) is 0.336. The summed E-state index contributed by atoms with van der Waals surface area (Å²) < 4.78 is 4.78. The Morgan fingerprint density at radius 3 is 2.31 bits per heavy atom. The maximum absolute atomic E-state index is 11.4. The number of rotatable bonds is 9. The number of carbonyl (C=O) groups is 1. The zero-order chi connectivity index (χ0) is 12.4. The van der Waals surface area contributed by atoms with Crippen molar-refractivity contribution in [3.8, 4) is 0 Å². The molecule has 2 heteroatoms. The van der Waals surface area contributed by atoms with Crippen LogP contribution in [0.1, 0.15) is 58.8 Å². The highest BCUT2D eigenvalue weighted by Crippen LogP contribution is 2.25. The summed E-state index contributed by atoms with van der Waals surface area (Å²) in [5.74, 6) is -0.0980. The van der Waals surface area contributed by atoms with Gasteiger partial charge in [0.25, 0.3) is 0 Å². The van der Waals surface area contributed by atoms with Gasteiger partial charge in [0.15, 0.2) is 0 Å². The van der Waals surface area contributed by atoms with Crippen molar-refractivity contribution in [1.29, 1.82) is 0 Å². The topological polar surface area (TPSA) is 26.3 Å². The van der Waals surface area contributed by atoms with E-state index < -0.39 is 0 Å². The summed E-state index contributed by atoms with van der Waals surface area (Å²) in [7, 11) is 1.46. The number of methoxy groups -OCH3 is 1. The molecule has 0 rings (SSSR count). The molecule has 0 aromatic rings. The summed E-state index contributed by atoms with van der Waals surface area (Å²) in [6.45, 7) is 7.61. The first-order chi connectivity index (χ1) is 7.54. The molecule has 0 heterocycles. The van der Waals surface area contributed by atoms with Crippen molar-refractivity contribution in [3.05, 3.63) is 12.7 Å². The fourth-order valence-corrected chi connectivity index (χ4v) is 1.76. The Hall–Kier alpha value is -0.790. The van der Waals surface area contributed by atoms with Gasteiger partial charge in [0.2, 0.25) is 0 Å². The Morgan fingerprint density at radius 1 is 1.19 bits per heavy atom. The van der Waals surface area contributed by atoms with E-state index in [0.29, 0.717) is 0 Å². The van der Waals surface area contributed by atoms with Crippen LogP contribution in [0.15, 0.2) is 12.7 Å². The van der Waals surface area contributed by atoms with Gasteiger partial charge in [0.1, 0.15) is 0 Å². The van der Waals surface area contributed by atoms with E-state index in [-0.39, 0.29) is 11.4 Å². The van der Waals surface area contributed by atoms with Crippen LogP contribution in [0.5, 0.6) is 0 Å². The third-order valence-electron chi connectivity index (χ3n) is 2.95. The number of ether oxygens (including phenoxy) is 1. The monoisotopic (exact) mass is 226 g/mol. The fraction of sp³-hybridized carbons (Fsp3) is 0.786. The summed E-state index contributed by atoms with van der Waals surface area (Å²) in [5, 5.41) is 0. The Kier molecular flexibility index (Phi) is 7.96. The highest BCUT2D eigenvalue weighted by atomic mass is 16.5. The third-order valence-corrected chi connectivity index (χ3v) is 2.95. The van der Waals surface area contributed by atoms with Gasteiger partial charge in [-0.2, -0.15) is 0 Å². The van der Waals surface area contributed by atoms with Crippen LogP contribution in [0.2, 0.25) is 0 Å². The smallest absolute Gasteiger partial charge is 0.311 e. The molecule has 0 unspecified atom stereocenters. The minimum atomic E-state index is -0.324. The highest BCUT2D eigenvalue weighted by molar-refractivity contribution is 5.75. The molecular weight excluding hydrogens is 200 g/mol. The van der Waals surface area contributed by atoms with Crippen LogP contribution in [-0.2, 0) is 9.53 Å². The molecule has 0 amide bonds. The van der Waals surface area contributed by atoms with E-state index in [0.717, 1.165) is 19.3 Å². The van der Waals surface area contributed by atoms with Crippen LogP contribution in [0.3, 0.4) is 0 Å². The van der Waals surface area contributed by atoms with Crippen LogP contribution < -0.4 is 0 Å². The lowest BCUT2D eigenvalue weighted by molar-refractivity contribution is -0.151. The molecule has 0 aromatic heterocycles. The predicted molar refractivity (Wildman–Crippen MR) is 68.3 cm³/mol. The van der Waals surface area contributed by atoms with Crippen LogP contribution in [-0.4, -0.2) is 13.1 Å². The molecule has 0 atom stereocenters. The number of hydrogen-bond donors (Lipinski definition) is 0. The largest absolute Gasteiger partial charge is 0.469 e. The molecule has 0 aromatic carbocycles. The maximum atomic E-state index is 11.4. The van der Waals surface area contributed by atoms with Gasteiger partial charge in [-0.25, -0.2) is 0 Å². The lowest BCUT2D eigenvalue weighted by atomic mass is 9.87. The first-order valence-corrected chi connectivity index (χ1v) is 6.24. The van der Waals surface area contributed by atoms with Crippen LogP contribution in [0, 0.1) is 5.41 Å². The minimum Gasteiger partial charge on any atom is -0.469 e. The van der Waals surface area contributed by atoms with E-state index in [2.05, 4.69) is 6.58 Å². The molecular formula is C14H26O2. The summed E-state index contributed by atoms with van der Waals surface area (Å²) in [5.41, 5.74) is -0.324. The zero-order valence-electron chi connectivity index (χ0n) is 11.1. The maximum Gasteiger partial charge on any atom is 0.311 e. The molecule has 2 nitrogen and oxygen atoms in total. The van der Waals surface area contributed by atoms with Gasteiger partial charge in [-0.3, -0.25) is 4.79 Å². The summed E-state index contributed by atoms with van der Waals surface area (Å²) in [4.78, 5) is 11.4. The molecule has 0 aliphatic heterocycles. The normalized spacial score (nSPS) is 11.2. The molecule has 0 saturated heterocycles. The molecule has 16 heavy (non-hydrogen) atoms. The van der Waals surface area contributed by atoms with Gasteiger partial charge in [-0.1, -0.05) is 31.8 Å². The average molecular weight is 226 g/mol. The molecule has 0 saturated carbocycles.